The van der Waals surface area contributed by atoms with Crippen molar-refractivity contribution in [3.8, 4) is 5.75 Å². The molecule has 1 aromatic rings. The lowest BCUT2D eigenvalue weighted by Crippen LogP contribution is -2.23. The number of hydrogen-bond donors (Lipinski definition) is 2. The number of fused-ring (bicyclic) bond motifs is 1. The van der Waals surface area contributed by atoms with Gasteiger partial charge in [0.2, 0.25) is 0 Å². The SMILES string of the molecule is O=C(O)CCC1NCCOc2ccccc21. The Labute approximate surface area is 94.2 Å². The number of carbonyl (C=O) groups is 1. The Balaban J connectivity index is 2.15. The molecule has 0 aromatic heterocycles. The number of nitrogens with one attached hydrogen (secondary N) is 1. The van der Waals surface area contributed by atoms with Gasteiger partial charge in [-0.25, -0.2) is 0 Å². The molecular formula is C12H15NO3. The zero-order valence-corrected chi connectivity index (χ0v) is 8.98. The van der Waals surface area contributed by atoms with Gasteiger partial charge in [-0.3, -0.25) is 4.79 Å². The van der Waals surface area contributed by atoms with E-state index in [-0.39, 0.29) is 12.5 Å². The van der Waals surface area contributed by atoms with E-state index in [0.717, 1.165) is 17.9 Å². The van der Waals surface area contributed by atoms with Crippen LogP contribution in [-0.2, 0) is 4.79 Å². The second-order valence-corrected chi connectivity index (χ2v) is 3.83. The lowest BCUT2D eigenvalue weighted by atomic mass is 10.0. The molecule has 0 radical (unpaired) electrons. The summed E-state index contributed by atoms with van der Waals surface area (Å²) in [5, 5.41) is 12.0. The van der Waals surface area contributed by atoms with E-state index in [2.05, 4.69) is 5.32 Å². The fourth-order valence-electron chi connectivity index (χ4n) is 1.93. The Hall–Kier alpha value is -1.55. The first-order valence-corrected chi connectivity index (χ1v) is 5.44. The molecule has 0 saturated carbocycles. The van der Waals surface area contributed by atoms with Crippen LogP contribution < -0.4 is 10.1 Å². The average Bonchev–Trinajstić information content (AvgIpc) is 2.48. The number of ether oxygens (including phenoxy) is 1. The van der Waals surface area contributed by atoms with Crippen LogP contribution in [0.1, 0.15) is 24.4 Å². The highest BCUT2D eigenvalue weighted by molar-refractivity contribution is 5.66. The van der Waals surface area contributed by atoms with Crippen molar-refractivity contribution < 1.29 is 14.6 Å². The fraction of sp³-hybridized carbons (Fsp3) is 0.417. The summed E-state index contributed by atoms with van der Waals surface area (Å²) < 4.78 is 5.58. The highest BCUT2D eigenvalue weighted by atomic mass is 16.5. The summed E-state index contributed by atoms with van der Waals surface area (Å²) in [6.07, 6.45) is 0.766. The van der Waals surface area contributed by atoms with Crippen LogP contribution in [0.25, 0.3) is 0 Å². The van der Waals surface area contributed by atoms with Gasteiger partial charge in [-0.2, -0.15) is 0 Å². The summed E-state index contributed by atoms with van der Waals surface area (Å²) in [5.74, 6) is 0.104. The zero-order chi connectivity index (χ0) is 11.4. The average molecular weight is 221 g/mol. The van der Waals surface area contributed by atoms with E-state index in [9.17, 15) is 4.79 Å². The molecule has 16 heavy (non-hydrogen) atoms. The quantitative estimate of drug-likeness (QED) is 0.813. The molecule has 0 aliphatic carbocycles. The van der Waals surface area contributed by atoms with Gasteiger partial charge in [-0.05, 0) is 12.5 Å². The Kier molecular flexibility index (Phi) is 3.41. The molecule has 1 heterocycles. The minimum atomic E-state index is -0.760. The largest absolute Gasteiger partial charge is 0.492 e. The number of rotatable bonds is 3. The maximum atomic E-state index is 10.6. The minimum absolute atomic E-state index is 0.0785. The number of carboxylic acid groups (broad SMARTS) is 1. The first kappa shape index (κ1) is 11.0. The highest BCUT2D eigenvalue weighted by Crippen LogP contribution is 2.29. The third-order valence-corrected chi connectivity index (χ3v) is 2.69. The van der Waals surface area contributed by atoms with Crippen LogP contribution in [0.4, 0.5) is 0 Å². The van der Waals surface area contributed by atoms with Crippen molar-refractivity contribution in [2.45, 2.75) is 18.9 Å². The predicted molar refractivity (Wildman–Crippen MR) is 59.6 cm³/mol. The Bertz CT molecular complexity index is 378. The van der Waals surface area contributed by atoms with Gasteiger partial charge < -0.3 is 15.2 Å². The van der Waals surface area contributed by atoms with Crippen molar-refractivity contribution in [1.29, 1.82) is 0 Å². The molecule has 0 bridgehead atoms. The molecule has 1 aliphatic rings. The number of para-hydroxylation sites is 1. The maximum Gasteiger partial charge on any atom is 0.303 e. The molecule has 4 heteroatoms. The van der Waals surface area contributed by atoms with Gasteiger partial charge >= 0.3 is 5.97 Å². The molecular weight excluding hydrogens is 206 g/mol. The minimum Gasteiger partial charge on any atom is -0.492 e. The summed E-state index contributed by atoms with van der Waals surface area (Å²) in [4.78, 5) is 10.6. The van der Waals surface area contributed by atoms with Gasteiger partial charge in [0.25, 0.3) is 0 Å². The molecule has 0 spiro atoms. The zero-order valence-electron chi connectivity index (χ0n) is 8.98. The van der Waals surface area contributed by atoms with Crippen LogP contribution in [0, 0.1) is 0 Å². The lowest BCUT2D eigenvalue weighted by Gasteiger charge is -2.16. The van der Waals surface area contributed by atoms with E-state index in [1.165, 1.54) is 0 Å². The van der Waals surface area contributed by atoms with Crippen LogP contribution in [0.3, 0.4) is 0 Å². The molecule has 0 fully saturated rings. The van der Waals surface area contributed by atoms with Gasteiger partial charge in [-0.1, -0.05) is 18.2 Å². The van der Waals surface area contributed by atoms with E-state index >= 15 is 0 Å². The van der Waals surface area contributed by atoms with E-state index in [1.807, 2.05) is 24.3 Å². The molecule has 1 atom stereocenters. The van der Waals surface area contributed by atoms with Gasteiger partial charge in [-0.15, -0.1) is 0 Å². The Morgan fingerprint density at radius 2 is 2.31 bits per heavy atom. The van der Waals surface area contributed by atoms with Gasteiger partial charge in [0.1, 0.15) is 12.4 Å². The van der Waals surface area contributed by atoms with Crippen molar-refractivity contribution in [2.75, 3.05) is 13.2 Å². The molecule has 2 rings (SSSR count). The summed E-state index contributed by atoms with van der Waals surface area (Å²) >= 11 is 0. The number of hydrogen-bond acceptors (Lipinski definition) is 3. The number of carboxylic acids is 1. The van der Waals surface area contributed by atoms with Crippen LogP contribution in [-0.4, -0.2) is 24.2 Å². The van der Waals surface area contributed by atoms with E-state index in [4.69, 9.17) is 9.84 Å². The summed E-state index contributed by atoms with van der Waals surface area (Å²) in [6, 6.07) is 7.87. The van der Waals surface area contributed by atoms with Crippen LogP contribution in [0.5, 0.6) is 5.75 Å². The first-order valence-electron chi connectivity index (χ1n) is 5.44. The Morgan fingerprint density at radius 1 is 1.50 bits per heavy atom. The molecule has 1 aromatic carbocycles. The number of aliphatic carboxylic acids is 1. The molecule has 0 amide bonds. The van der Waals surface area contributed by atoms with Crippen molar-refractivity contribution in [1.82, 2.24) is 5.32 Å². The highest BCUT2D eigenvalue weighted by Gasteiger charge is 2.19. The summed E-state index contributed by atoms with van der Waals surface area (Å²) in [7, 11) is 0. The molecule has 1 aliphatic heterocycles. The monoisotopic (exact) mass is 221 g/mol. The van der Waals surface area contributed by atoms with Gasteiger partial charge in [0.15, 0.2) is 0 Å². The standard InChI is InChI=1S/C12H15NO3/c14-12(15)6-5-10-9-3-1-2-4-11(9)16-8-7-13-10/h1-4,10,13H,5-8H2,(H,14,15). The normalized spacial score (nSPS) is 19.4. The van der Waals surface area contributed by atoms with Crippen molar-refractivity contribution in [3.05, 3.63) is 29.8 Å². The summed E-state index contributed by atoms with van der Waals surface area (Å²) in [5.41, 5.74) is 1.06. The van der Waals surface area contributed by atoms with E-state index in [1.54, 1.807) is 0 Å². The summed E-state index contributed by atoms with van der Waals surface area (Å²) in [6.45, 7) is 1.37. The second-order valence-electron chi connectivity index (χ2n) is 3.83. The molecule has 2 N–H and O–H groups in total. The number of benzene rings is 1. The topological polar surface area (TPSA) is 58.6 Å². The maximum absolute atomic E-state index is 10.6. The smallest absolute Gasteiger partial charge is 0.303 e. The molecule has 1 unspecified atom stereocenters. The van der Waals surface area contributed by atoms with Gasteiger partial charge in [0, 0.05) is 24.6 Å². The fourth-order valence-corrected chi connectivity index (χ4v) is 1.93. The molecule has 86 valence electrons. The lowest BCUT2D eigenvalue weighted by molar-refractivity contribution is -0.137. The van der Waals surface area contributed by atoms with Crippen molar-refractivity contribution >= 4 is 5.97 Å². The van der Waals surface area contributed by atoms with Crippen LogP contribution >= 0.6 is 0 Å². The van der Waals surface area contributed by atoms with E-state index < -0.39 is 5.97 Å². The second kappa shape index (κ2) is 4.99. The van der Waals surface area contributed by atoms with Crippen LogP contribution in [0.15, 0.2) is 24.3 Å². The van der Waals surface area contributed by atoms with E-state index in [0.29, 0.717) is 13.0 Å². The molecule has 4 nitrogen and oxygen atoms in total. The van der Waals surface area contributed by atoms with Crippen molar-refractivity contribution in [3.63, 3.8) is 0 Å². The third kappa shape index (κ3) is 2.52. The third-order valence-electron chi connectivity index (χ3n) is 2.69. The van der Waals surface area contributed by atoms with Gasteiger partial charge in [0.05, 0.1) is 0 Å². The first-order chi connectivity index (χ1) is 7.77. The molecule has 0 saturated heterocycles. The van der Waals surface area contributed by atoms with Crippen LogP contribution in [0.2, 0.25) is 0 Å². The van der Waals surface area contributed by atoms with Crippen molar-refractivity contribution in [2.24, 2.45) is 0 Å². The predicted octanol–water partition coefficient (Wildman–Crippen LogP) is 1.57. The Morgan fingerprint density at radius 3 is 3.12 bits per heavy atom.